The quantitative estimate of drug-likeness (QED) is 0.813. The maximum Gasteiger partial charge on any atom is 0.451 e. The molecule has 0 aliphatic carbocycles. The van der Waals surface area contributed by atoms with Crippen molar-refractivity contribution in [3.8, 4) is 0 Å². The third kappa shape index (κ3) is 2.38. The Balaban J connectivity index is 1.82. The van der Waals surface area contributed by atoms with E-state index in [9.17, 15) is 18.0 Å². The molecule has 2 N–H and O–H groups in total. The second-order valence-corrected chi connectivity index (χ2v) is 5.41. The zero-order valence-electron chi connectivity index (χ0n) is 11.0. The Labute approximate surface area is 117 Å². The van der Waals surface area contributed by atoms with Crippen LogP contribution in [-0.2, 0) is 24.1 Å². The fourth-order valence-corrected chi connectivity index (χ4v) is 2.93. The van der Waals surface area contributed by atoms with Crippen LogP contribution in [0.1, 0.15) is 18.1 Å². The zero-order valence-corrected chi connectivity index (χ0v) is 11.0. The van der Waals surface area contributed by atoms with Gasteiger partial charge in [0.2, 0.25) is 5.82 Å². The largest absolute Gasteiger partial charge is 0.481 e. The molecule has 0 unspecified atom stereocenters. The van der Waals surface area contributed by atoms with Gasteiger partial charge in [0, 0.05) is 26.2 Å². The predicted molar refractivity (Wildman–Crippen MR) is 63.3 cm³/mol. The smallest absolute Gasteiger partial charge is 0.451 e. The van der Waals surface area contributed by atoms with E-state index in [0.29, 0.717) is 19.6 Å². The molecular weight excluding hydrogens is 291 g/mol. The Kier molecular flexibility index (Phi) is 3.17. The molecular formula is C11H14F3N5O2. The second-order valence-electron chi connectivity index (χ2n) is 5.41. The maximum atomic E-state index is 12.8. The molecule has 0 spiro atoms. The molecule has 0 amide bonds. The number of aromatic nitrogens is 3. The van der Waals surface area contributed by atoms with Gasteiger partial charge in [0.15, 0.2) is 0 Å². The Bertz CT molecular complexity index is 567. The van der Waals surface area contributed by atoms with E-state index < -0.39 is 23.5 Å². The van der Waals surface area contributed by atoms with Crippen LogP contribution in [-0.4, -0.2) is 55.9 Å². The highest BCUT2D eigenvalue weighted by atomic mass is 19.4. The maximum absolute atomic E-state index is 12.8. The monoisotopic (exact) mass is 305 g/mol. The van der Waals surface area contributed by atoms with Gasteiger partial charge in [-0.05, 0) is 0 Å². The molecule has 1 saturated heterocycles. The number of halogens is 3. The summed E-state index contributed by atoms with van der Waals surface area (Å²) in [6, 6.07) is 0. The lowest BCUT2D eigenvalue weighted by molar-refractivity contribution is -0.148. The van der Waals surface area contributed by atoms with Gasteiger partial charge in [0.1, 0.15) is 5.82 Å². The average molecular weight is 305 g/mol. The molecule has 0 saturated carbocycles. The van der Waals surface area contributed by atoms with Crippen molar-refractivity contribution in [2.75, 3.05) is 19.6 Å². The van der Waals surface area contributed by atoms with Gasteiger partial charge in [-0.25, -0.2) is 0 Å². The van der Waals surface area contributed by atoms with Crippen LogP contribution in [0, 0.1) is 0 Å². The summed E-state index contributed by atoms with van der Waals surface area (Å²) < 4.78 is 39.4. The summed E-state index contributed by atoms with van der Waals surface area (Å²) in [5.41, 5.74) is -0.540. The number of carbonyl (C=O) groups is 1. The highest BCUT2D eigenvalue weighted by Crippen LogP contribution is 2.32. The number of carboxylic acids is 1. The molecule has 0 aromatic carbocycles. The first-order chi connectivity index (χ1) is 9.82. The first-order valence-corrected chi connectivity index (χ1v) is 6.49. The van der Waals surface area contributed by atoms with Crippen LogP contribution in [0.3, 0.4) is 0 Å². The first kappa shape index (κ1) is 14.3. The number of nitrogens with one attached hydrogen (secondary N) is 1. The molecule has 1 aromatic rings. The first-order valence-electron chi connectivity index (χ1n) is 6.49. The molecule has 1 aromatic heterocycles. The molecule has 21 heavy (non-hydrogen) atoms. The van der Waals surface area contributed by atoms with E-state index in [1.807, 2.05) is 4.90 Å². The predicted octanol–water partition coefficient (Wildman–Crippen LogP) is -0.0708. The number of aliphatic carboxylic acids is 1. The molecule has 2 aliphatic heterocycles. The van der Waals surface area contributed by atoms with E-state index in [1.54, 1.807) is 0 Å². The average Bonchev–Trinajstić information content (AvgIpc) is 2.76. The second kappa shape index (κ2) is 4.67. The standard InChI is InChI=1S/C11H14F3N5O2/c12-11(13,14)9-17-16-7-4-18(1-2-19(7)9)10(3-8(20)21)5-15-6-10/h15H,1-6H2,(H,20,21). The van der Waals surface area contributed by atoms with Gasteiger partial charge in [-0.2, -0.15) is 13.2 Å². The summed E-state index contributed by atoms with van der Waals surface area (Å²) in [5, 5.41) is 18.9. The lowest BCUT2D eigenvalue weighted by atomic mass is 9.86. The van der Waals surface area contributed by atoms with Gasteiger partial charge < -0.3 is 15.0 Å². The van der Waals surface area contributed by atoms with Gasteiger partial charge in [-0.15, -0.1) is 10.2 Å². The van der Waals surface area contributed by atoms with Crippen LogP contribution in [0.15, 0.2) is 0 Å². The van der Waals surface area contributed by atoms with Crippen molar-refractivity contribution < 1.29 is 23.1 Å². The number of fused-ring (bicyclic) bond motifs is 1. The van der Waals surface area contributed by atoms with Crippen molar-refractivity contribution in [1.29, 1.82) is 0 Å². The summed E-state index contributed by atoms with van der Waals surface area (Å²) in [6.45, 7) is 1.67. The third-order valence-electron chi connectivity index (χ3n) is 4.07. The number of carboxylic acid groups (broad SMARTS) is 1. The van der Waals surface area contributed by atoms with Crippen molar-refractivity contribution >= 4 is 5.97 Å². The molecule has 2 aliphatic rings. The molecule has 0 bridgehead atoms. The summed E-state index contributed by atoms with van der Waals surface area (Å²) in [4.78, 5) is 12.9. The van der Waals surface area contributed by atoms with Crippen LogP contribution >= 0.6 is 0 Å². The van der Waals surface area contributed by atoms with Crippen molar-refractivity contribution in [2.24, 2.45) is 0 Å². The van der Waals surface area contributed by atoms with E-state index in [1.165, 1.54) is 0 Å². The minimum Gasteiger partial charge on any atom is -0.481 e. The Morgan fingerprint density at radius 1 is 1.33 bits per heavy atom. The van der Waals surface area contributed by atoms with Crippen LogP contribution in [0.2, 0.25) is 0 Å². The lowest BCUT2D eigenvalue weighted by Gasteiger charge is -2.51. The molecule has 0 atom stereocenters. The van der Waals surface area contributed by atoms with Gasteiger partial charge in [0.25, 0.3) is 0 Å². The number of alkyl halides is 3. The minimum absolute atomic E-state index is 0.0414. The minimum atomic E-state index is -4.52. The topological polar surface area (TPSA) is 83.3 Å². The summed E-state index contributed by atoms with van der Waals surface area (Å²) in [6.07, 6.45) is -4.57. The fraction of sp³-hybridized carbons (Fsp3) is 0.727. The lowest BCUT2D eigenvalue weighted by Crippen LogP contribution is -2.70. The van der Waals surface area contributed by atoms with E-state index in [-0.39, 0.29) is 25.3 Å². The molecule has 10 heteroatoms. The SMILES string of the molecule is O=C(O)CC1(N2CCn3c(nnc3C(F)(F)F)C2)CNC1. The van der Waals surface area contributed by atoms with Crippen molar-refractivity contribution in [3.63, 3.8) is 0 Å². The van der Waals surface area contributed by atoms with E-state index in [2.05, 4.69) is 15.5 Å². The van der Waals surface area contributed by atoms with E-state index in [0.717, 1.165) is 4.57 Å². The molecule has 7 nitrogen and oxygen atoms in total. The highest BCUT2D eigenvalue weighted by molar-refractivity contribution is 5.68. The molecule has 3 rings (SSSR count). The molecule has 3 heterocycles. The Hall–Kier alpha value is -1.68. The van der Waals surface area contributed by atoms with Crippen molar-refractivity contribution in [1.82, 2.24) is 25.0 Å². The number of rotatable bonds is 3. The van der Waals surface area contributed by atoms with Crippen molar-refractivity contribution in [2.45, 2.75) is 31.2 Å². The van der Waals surface area contributed by atoms with Crippen LogP contribution in [0.25, 0.3) is 0 Å². The third-order valence-corrected chi connectivity index (χ3v) is 4.07. The zero-order chi connectivity index (χ0) is 15.3. The van der Waals surface area contributed by atoms with E-state index in [4.69, 9.17) is 5.11 Å². The fourth-order valence-electron chi connectivity index (χ4n) is 2.93. The summed E-state index contributed by atoms with van der Waals surface area (Å²) in [7, 11) is 0. The Morgan fingerprint density at radius 2 is 2.05 bits per heavy atom. The van der Waals surface area contributed by atoms with Gasteiger partial charge in [0.05, 0.1) is 18.5 Å². The molecule has 0 radical (unpaired) electrons. The summed E-state index contributed by atoms with van der Waals surface area (Å²) in [5.74, 6) is -1.68. The van der Waals surface area contributed by atoms with Crippen LogP contribution < -0.4 is 5.32 Å². The number of hydrogen-bond acceptors (Lipinski definition) is 5. The summed E-state index contributed by atoms with van der Waals surface area (Å²) >= 11 is 0. The highest BCUT2D eigenvalue weighted by Gasteiger charge is 2.47. The van der Waals surface area contributed by atoms with E-state index >= 15 is 0 Å². The number of hydrogen-bond donors (Lipinski definition) is 2. The van der Waals surface area contributed by atoms with Crippen LogP contribution in [0.4, 0.5) is 13.2 Å². The Morgan fingerprint density at radius 3 is 2.57 bits per heavy atom. The van der Waals surface area contributed by atoms with Gasteiger partial charge >= 0.3 is 12.1 Å². The van der Waals surface area contributed by atoms with Crippen molar-refractivity contribution in [3.05, 3.63) is 11.6 Å². The number of nitrogens with zero attached hydrogens (tertiary/aromatic N) is 4. The van der Waals surface area contributed by atoms with Gasteiger partial charge in [-0.1, -0.05) is 0 Å². The molecule has 1 fully saturated rings. The normalized spacial score (nSPS) is 21.7. The molecule has 116 valence electrons. The van der Waals surface area contributed by atoms with Gasteiger partial charge in [-0.3, -0.25) is 9.69 Å². The van der Waals surface area contributed by atoms with Crippen LogP contribution in [0.5, 0.6) is 0 Å².